The summed E-state index contributed by atoms with van der Waals surface area (Å²) in [4.78, 5) is 13.2. The molecule has 19 heavy (non-hydrogen) atoms. The van der Waals surface area contributed by atoms with Gasteiger partial charge >= 0.3 is 0 Å². The van der Waals surface area contributed by atoms with Crippen LogP contribution in [0.1, 0.15) is 15.9 Å². The molecule has 0 N–H and O–H groups in total. The van der Waals surface area contributed by atoms with Crippen molar-refractivity contribution in [3.8, 4) is 0 Å². The van der Waals surface area contributed by atoms with Crippen molar-refractivity contribution in [3.63, 3.8) is 0 Å². The molecule has 1 nitrogen and oxygen atoms in total. The van der Waals surface area contributed by atoms with E-state index in [1.807, 2.05) is 18.4 Å². The molecular weight excluding hydrogens is 327 g/mol. The Morgan fingerprint density at radius 1 is 1.21 bits per heavy atom. The van der Waals surface area contributed by atoms with Gasteiger partial charge in [0.2, 0.25) is 0 Å². The van der Waals surface area contributed by atoms with E-state index in [1.54, 1.807) is 36.0 Å². The second-order valence-electron chi connectivity index (χ2n) is 4.06. The molecule has 4 heteroatoms. The monoisotopic (exact) mass is 338 g/mol. The van der Waals surface area contributed by atoms with E-state index in [9.17, 15) is 9.18 Å². The quantitative estimate of drug-likeness (QED) is 0.591. The SMILES string of the molecule is CSc1ccc(C(=O)Cc2cc(Br)ccc2F)cc1. The predicted molar refractivity (Wildman–Crippen MR) is 80.4 cm³/mol. The summed E-state index contributed by atoms with van der Waals surface area (Å²) >= 11 is 4.90. The molecule has 0 aliphatic rings. The van der Waals surface area contributed by atoms with Crippen molar-refractivity contribution in [1.29, 1.82) is 0 Å². The molecule has 2 aromatic carbocycles. The molecule has 0 aromatic heterocycles. The Labute approximate surface area is 124 Å². The minimum atomic E-state index is -0.350. The minimum absolute atomic E-state index is 0.0733. The lowest BCUT2D eigenvalue weighted by molar-refractivity contribution is 0.0992. The number of hydrogen-bond donors (Lipinski definition) is 0. The van der Waals surface area contributed by atoms with Crippen LogP contribution in [0.4, 0.5) is 4.39 Å². The second-order valence-corrected chi connectivity index (χ2v) is 5.86. The van der Waals surface area contributed by atoms with E-state index in [-0.39, 0.29) is 18.0 Å². The fraction of sp³-hybridized carbons (Fsp3) is 0.133. The zero-order chi connectivity index (χ0) is 13.8. The van der Waals surface area contributed by atoms with Crippen molar-refractivity contribution in [3.05, 3.63) is 63.9 Å². The van der Waals surface area contributed by atoms with Gasteiger partial charge in [-0.2, -0.15) is 0 Å². The van der Waals surface area contributed by atoms with Crippen LogP contribution < -0.4 is 0 Å². The van der Waals surface area contributed by atoms with Crippen LogP contribution >= 0.6 is 27.7 Å². The molecular formula is C15H12BrFOS. The van der Waals surface area contributed by atoms with E-state index in [0.29, 0.717) is 11.1 Å². The number of rotatable bonds is 4. The van der Waals surface area contributed by atoms with Gasteiger partial charge in [-0.05, 0) is 42.2 Å². The van der Waals surface area contributed by atoms with Crippen molar-refractivity contribution in [2.24, 2.45) is 0 Å². The Bertz CT molecular complexity index is 596. The third-order valence-electron chi connectivity index (χ3n) is 2.77. The number of Topliss-reactive ketones (excluding diaryl/α,β-unsaturated/α-hetero) is 1. The first-order valence-electron chi connectivity index (χ1n) is 5.71. The highest BCUT2D eigenvalue weighted by molar-refractivity contribution is 9.10. The van der Waals surface area contributed by atoms with Gasteiger partial charge in [0.05, 0.1) is 0 Å². The highest BCUT2D eigenvalue weighted by Crippen LogP contribution is 2.19. The molecule has 0 aliphatic heterocycles. The van der Waals surface area contributed by atoms with E-state index in [2.05, 4.69) is 15.9 Å². The highest BCUT2D eigenvalue weighted by Gasteiger charge is 2.11. The average molecular weight is 339 g/mol. The van der Waals surface area contributed by atoms with Gasteiger partial charge in [-0.1, -0.05) is 28.1 Å². The van der Waals surface area contributed by atoms with Gasteiger partial charge in [0.25, 0.3) is 0 Å². The van der Waals surface area contributed by atoms with E-state index >= 15 is 0 Å². The molecule has 0 bridgehead atoms. The number of hydrogen-bond acceptors (Lipinski definition) is 2. The summed E-state index contributed by atoms with van der Waals surface area (Å²) in [6.45, 7) is 0. The maximum atomic E-state index is 13.6. The normalized spacial score (nSPS) is 10.5. The molecule has 0 saturated carbocycles. The third-order valence-corrected chi connectivity index (χ3v) is 4.01. The zero-order valence-electron chi connectivity index (χ0n) is 10.3. The predicted octanol–water partition coefficient (Wildman–Crippen LogP) is 4.74. The molecule has 0 radical (unpaired) electrons. The molecule has 2 aromatic rings. The fourth-order valence-corrected chi connectivity index (χ4v) is 2.55. The molecule has 2 rings (SSSR count). The summed E-state index contributed by atoms with van der Waals surface area (Å²) in [6.07, 6.45) is 2.05. The largest absolute Gasteiger partial charge is 0.294 e. The van der Waals surface area contributed by atoms with Crippen LogP contribution in [-0.2, 0) is 6.42 Å². The summed E-state index contributed by atoms with van der Waals surface area (Å²) in [7, 11) is 0. The standard InChI is InChI=1S/C15H12BrFOS/c1-19-13-5-2-10(3-6-13)15(18)9-11-8-12(16)4-7-14(11)17/h2-8H,9H2,1H3. The first-order chi connectivity index (χ1) is 9.10. The summed E-state index contributed by atoms with van der Waals surface area (Å²) < 4.78 is 14.4. The van der Waals surface area contributed by atoms with E-state index < -0.39 is 0 Å². The molecule has 0 aliphatic carbocycles. The van der Waals surface area contributed by atoms with Crippen LogP contribution in [0.3, 0.4) is 0 Å². The van der Waals surface area contributed by atoms with Crippen molar-refractivity contribution < 1.29 is 9.18 Å². The summed E-state index contributed by atoms with van der Waals surface area (Å²) in [5.41, 5.74) is 1.02. The van der Waals surface area contributed by atoms with Crippen LogP contribution in [0.2, 0.25) is 0 Å². The summed E-state index contributed by atoms with van der Waals surface area (Å²) in [5.74, 6) is -0.429. The number of thioether (sulfide) groups is 1. The molecule has 0 atom stereocenters. The number of carbonyl (C=O) groups excluding carboxylic acids is 1. The third kappa shape index (κ3) is 3.67. The van der Waals surface area contributed by atoms with Crippen LogP contribution in [0.25, 0.3) is 0 Å². The van der Waals surface area contributed by atoms with E-state index in [4.69, 9.17) is 0 Å². The molecule has 0 fully saturated rings. The van der Waals surface area contributed by atoms with Gasteiger partial charge in [0.15, 0.2) is 5.78 Å². The molecule has 0 amide bonds. The van der Waals surface area contributed by atoms with Crippen LogP contribution in [0.5, 0.6) is 0 Å². The summed E-state index contributed by atoms with van der Waals surface area (Å²) in [5, 5.41) is 0. The second kappa shape index (κ2) is 6.35. The molecule has 0 spiro atoms. The topological polar surface area (TPSA) is 17.1 Å². The minimum Gasteiger partial charge on any atom is -0.294 e. The van der Waals surface area contributed by atoms with Crippen LogP contribution in [0.15, 0.2) is 51.8 Å². The van der Waals surface area contributed by atoms with Crippen LogP contribution in [-0.4, -0.2) is 12.0 Å². The van der Waals surface area contributed by atoms with Crippen molar-refractivity contribution in [2.45, 2.75) is 11.3 Å². The Hall–Kier alpha value is -1.13. The fourth-order valence-electron chi connectivity index (χ4n) is 1.73. The number of benzene rings is 2. The van der Waals surface area contributed by atoms with Crippen molar-refractivity contribution in [2.75, 3.05) is 6.26 Å². The first kappa shape index (κ1) is 14.3. The molecule has 0 unspecified atom stereocenters. The zero-order valence-corrected chi connectivity index (χ0v) is 12.7. The Balaban J connectivity index is 2.18. The van der Waals surface area contributed by atoms with E-state index in [0.717, 1.165) is 9.37 Å². The first-order valence-corrected chi connectivity index (χ1v) is 7.73. The average Bonchev–Trinajstić information content (AvgIpc) is 2.43. The number of halogens is 2. The highest BCUT2D eigenvalue weighted by atomic mass is 79.9. The smallest absolute Gasteiger partial charge is 0.167 e. The Morgan fingerprint density at radius 2 is 1.89 bits per heavy atom. The molecule has 98 valence electrons. The van der Waals surface area contributed by atoms with Gasteiger partial charge < -0.3 is 0 Å². The van der Waals surface area contributed by atoms with Gasteiger partial charge in [-0.3, -0.25) is 4.79 Å². The lowest BCUT2D eigenvalue weighted by Gasteiger charge is -2.04. The molecule has 0 saturated heterocycles. The summed E-state index contributed by atoms with van der Waals surface area (Å²) in [6, 6.07) is 12.0. The lowest BCUT2D eigenvalue weighted by Crippen LogP contribution is -2.05. The Kier molecular flexibility index (Phi) is 4.77. The molecule has 0 heterocycles. The van der Waals surface area contributed by atoms with Gasteiger partial charge in [-0.25, -0.2) is 4.39 Å². The van der Waals surface area contributed by atoms with Gasteiger partial charge in [0, 0.05) is 21.4 Å². The van der Waals surface area contributed by atoms with Gasteiger partial charge in [0.1, 0.15) is 5.82 Å². The maximum Gasteiger partial charge on any atom is 0.167 e. The van der Waals surface area contributed by atoms with Crippen LogP contribution in [0, 0.1) is 5.82 Å². The lowest BCUT2D eigenvalue weighted by atomic mass is 10.0. The van der Waals surface area contributed by atoms with E-state index in [1.165, 1.54) is 6.07 Å². The number of carbonyl (C=O) groups is 1. The van der Waals surface area contributed by atoms with Gasteiger partial charge in [-0.15, -0.1) is 11.8 Å². The van der Waals surface area contributed by atoms with Crippen molar-refractivity contribution >= 4 is 33.5 Å². The maximum absolute atomic E-state index is 13.6. The van der Waals surface area contributed by atoms with Crippen molar-refractivity contribution in [1.82, 2.24) is 0 Å². The number of ketones is 1. The Morgan fingerprint density at radius 3 is 2.53 bits per heavy atom.